The van der Waals surface area contributed by atoms with E-state index in [2.05, 4.69) is 21.8 Å². The Labute approximate surface area is 177 Å². The number of carbonyl (C=O) groups excluding carboxylic acids is 1. The molecule has 0 bridgehead atoms. The van der Waals surface area contributed by atoms with Crippen LogP contribution in [0.25, 0.3) is 0 Å². The van der Waals surface area contributed by atoms with Crippen LogP contribution in [0.3, 0.4) is 0 Å². The summed E-state index contributed by atoms with van der Waals surface area (Å²) in [4.78, 5) is 24.2. The molecule has 1 aromatic heterocycles. The first-order valence-electron chi connectivity index (χ1n) is 10.2. The fourth-order valence-corrected chi connectivity index (χ4v) is 4.05. The van der Waals surface area contributed by atoms with Crippen LogP contribution < -0.4 is 9.64 Å². The van der Waals surface area contributed by atoms with E-state index in [0.717, 1.165) is 57.1 Å². The van der Waals surface area contributed by atoms with E-state index in [1.807, 2.05) is 47.4 Å². The highest BCUT2D eigenvalue weighted by Gasteiger charge is 2.27. The largest absolute Gasteiger partial charge is 0.489 e. The second-order valence-electron chi connectivity index (χ2n) is 7.76. The molecule has 3 heterocycles. The van der Waals surface area contributed by atoms with Gasteiger partial charge in [-0.05, 0) is 50.2 Å². The molecule has 0 spiro atoms. The third-order valence-electron chi connectivity index (χ3n) is 5.54. The number of likely N-dealkylation sites (tertiary alicyclic amines) is 1. The van der Waals surface area contributed by atoms with Gasteiger partial charge in [-0.15, -0.1) is 0 Å². The minimum Gasteiger partial charge on any atom is -0.489 e. The number of amides is 1. The third-order valence-corrected chi connectivity index (χ3v) is 5.78. The van der Waals surface area contributed by atoms with Crippen molar-refractivity contribution < 1.29 is 9.53 Å². The number of halogens is 1. The normalized spacial score (nSPS) is 20.6. The van der Waals surface area contributed by atoms with E-state index >= 15 is 0 Å². The maximum absolute atomic E-state index is 13.1. The van der Waals surface area contributed by atoms with E-state index < -0.39 is 0 Å². The first-order chi connectivity index (χ1) is 14.1. The van der Waals surface area contributed by atoms with Crippen LogP contribution in [-0.2, 0) is 0 Å². The molecule has 4 rings (SSSR count). The lowest BCUT2D eigenvalue weighted by atomic mass is 10.1. The van der Waals surface area contributed by atoms with Crippen molar-refractivity contribution in [3.63, 3.8) is 0 Å². The minimum atomic E-state index is -0.0352. The molecule has 2 fully saturated rings. The number of hydrogen-bond donors (Lipinski definition) is 0. The zero-order valence-electron chi connectivity index (χ0n) is 16.8. The summed E-state index contributed by atoms with van der Waals surface area (Å²) in [7, 11) is 2.13. The van der Waals surface area contributed by atoms with Gasteiger partial charge >= 0.3 is 0 Å². The van der Waals surface area contributed by atoms with Crippen molar-refractivity contribution in [3.05, 3.63) is 53.2 Å². The van der Waals surface area contributed by atoms with Gasteiger partial charge < -0.3 is 19.4 Å². The quantitative estimate of drug-likeness (QED) is 0.769. The molecule has 7 heteroatoms. The lowest BCUT2D eigenvalue weighted by molar-refractivity contribution is 0.0533. The molecule has 0 radical (unpaired) electrons. The van der Waals surface area contributed by atoms with E-state index in [1.54, 1.807) is 0 Å². The molecular formula is C22H27ClN4O2. The average molecular weight is 415 g/mol. The summed E-state index contributed by atoms with van der Waals surface area (Å²) in [5.74, 6) is 1.60. The van der Waals surface area contributed by atoms with Crippen LogP contribution in [0, 0.1) is 0 Å². The Hall–Kier alpha value is -2.31. The summed E-state index contributed by atoms with van der Waals surface area (Å²) in [5, 5.41) is 0.649. The monoisotopic (exact) mass is 414 g/mol. The van der Waals surface area contributed by atoms with Crippen LogP contribution in [0.4, 0.5) is 5.82 Å². The van der Waals surface area contributed by atoms with Crippen LogP contribution in [0.15, 0.2) is 42.5 Å². The Balaban J connectivity index is 1.41. The van der Waals surface area contributed by atoms with Gasteiger partial charge in [0.15, 0.2) is 0 Å². The van der Waals surface area contributed by atoms with Gasteiger partial charge in [-0.2, -0.15) is 0 Å². The lowest BCUT2D eigenvalue weighted by Crippen LogP contribution is -2.46. The molecule has 29 heavy (non-hydrogen) atoms. The molecule has 2 aromatic rings. The molecule has 154 valence electrons. The Morgan fingerprint density at radius 2 is 1.90 bits per heavy atom. The zero-order chi connectivity index (χ0) is 20.2. The fourth-order valence-electron chi connectivity index (χ4n) is 3.87. The Morgan fingerprint density at radius 3 is 2.69 bits per heavy atom. The van der Waals surface area contributed by atoms with Gasteiger partial charge in [0.05, 0.1) is 6.54 Å². The average Bonchev–Trinajstić information content (AvgIpc) is 2.74. The Kier molecular flexibility index (Phi) is 6.21. The van der Waals surface area contributed by atoms with Crippen molar-refractivity contribution in [3.8, 4) is 5.75 Å². The smallest absolute Gasteiger partial charge is 0.272 e. The Morgan fingerprint density at radius 1 is 1.10 bits per heavy atom. The number of anilines is 1. The molecule has 1 amide bonds. The van der Waals surface area contributed by atoms with E-state index in [1.165, 1.54) is 0 Å². The third kappa shape index (κ3) is 5.00. The molecule has 1 atom stereocenters. The predicted octanol–water partition coefficient (Wildman–Crippen LogP) is 3.17. The number of carbonyl (C=O) groups is 1. The van der Waals surface area contributed by atoms with Crippen molar-refractivity contribution >= 4 is 23.3 Å². The van der Waals surface area contributed by atoms with Crippen molar-refractivity contribution in [2.45, 2.75) is 18.9 Å². The second-order valence-corrected chi connectivity index (χ2v) is 8.20. The van der Waals surface area contributed by atoms with Gasteiger partial charge in [0, 0.05) is 37.7 Å². The molecular weight excluding hydrogens is 388 g/mol. The van der Waals surface area contributed by atoms with E-state index in [9.17, 15) is 4.79 Å². The maximum Gasteiger partial charge on any atom is 0.272 e. The summed E-state index contributed by atoms with van der Waals surface area (Å²) >= 11 is 6.05. The van der Waals surface area contributed by atoms with Crippen molar-refractivity contribution in [2.75, 3.05) is 51.2 Å². The van der Waals surface area contributed by atoms with E-state index in [4.69, 9.17) is 16.3 Å². The molecule has 2 aliphatic heterocycles. The standard InChI is InChI=1S/C22H27ClN4O2/c1-25-11-13-26(14-12-25)21-9-3-8-20(24-21)22(28)27-10-4-7-19(16-27)29-18-6-2-5-17(23)15-18/h2-3,5-6,8-9,15,19H,4,7,10-14,16H2,1H3. The summed E-state index contributed by atoms with van der Waals surface area (Å²) in [5.41, 5.74) is 0.504. The summed E-state index contributed by atoms with van der Waals surface area (Å²) in [6, 6.07) is 13.1. The van der Waals surface area contributed by atoms with Crippen LogP contribution in [0.2, 0.25) is 5.02 Å². The number of piperidine rings is 1. The number of hydrogen-bond acceptors (Lipinski definition) is 5. The highest BCUT2D eigenvalue weighted by Crippen LogP contribution is 2.23. The van der Waals surface area contributed by atoms with Crippen molar-refractivity contribution in [2.24, 2.45) is 0 Å². The number of benzene rings is 1. The first kappa shape index (κ1) is 20.0. The van der Waals surface area contributed by atoms with Crippen molar-refractivity contribution in [1.29, 1.82) is 0 Å². The molecule has 0 aliphatic carbocycles. The number of ether oxygens (including phenoxy) is 1. The lowest BCUT2D eigenvalue weighted by Gasteiger charge is -2.34. The molecule has 2 aliphatic rings. The molecule has 1 aromatic carbocycles. The topological polar surface area (TPSA) is 48.9 Å². The van der Waals surface area contributed by atoms with Crippen LogP contribution in [-0.4, -0.2) is 73.1 Å². The number of piperazine rings is 1. The van der Waals surface area contributed by atoms with Crippen LogP contribution in [0.5, 0.6) is 5.75 Å². The van der Waals surface area contributed by atoms with Gasteiger partial charge in [0.1, 0.15) is 23.4 Å². The molecule has 0 saturated carbocycles. The summed E-state index contributed by atoms with van der Waals surface area (Å²) < 4.78 is 6.07. The second kappa shape index (κ2) is 9.01. The predicted molar refractivity (Wildman–Crippen MR) is 115 cm³/mol. The highest BCUT2D eigenvalue weighted by molar-refractivity contribution is 6.30. The number of nitrogens with zero attached hydrogens (tertiary/aromatic N) is 4. The number of likely N-dealkylation sites (N-methyl/N-ethyl adjacent to an activating group) is 1. The number of pyridine rings is 1. The molecule has 2 saturated heterocycles. The maximum atomic E-state index is 13.1. The van der Waals surface area contributed by atoms with Gasteiger partial charge in [-0.25, -0.2) is 4.98 Å². The van der Waals surface area contributed by atoms with Gasteiger partial charge in [-0.3, -0.25) is 4.79 Å². The highest BCUT2D eigenvalue weighted by atomic mass is 35.5. The summed E-state index contributed by atoms with van der Waals surface area (Å²) in [6.07, 6.45) is 1.80. The minimum absolute atomic E-state index is 0.0274. The van der Waals surface area contributed by atoms with Crippen molar-refractivity contribution in [1.82, 2.24) is 14.8 Å². The SMILES string of the molecule is CN1CCN(c2cccc(C(=O)N3CCCC(Oc4cccc(Cl)c4)C3)n2)CC1. The molecule has 1 unspecified atom stereocenters. The number of rotatable bonds is 4. The van der Waals surface area contributed by atoms with E-state index in [0.29, 0.717) is 17.3 Å². The van der Waals surface area contributed by atoms with Gasteiger partial charge in [0.2, 0.25) is 0 Å². The Bertz CT molecular complexity index is 854. The van der Waals surface area contributed by atoms with Crippen LogP contribution in [0.1, 0.15) is 23.3 Å². The summed E-state index contributed by atoms with van der Waals surface area (Å²) in [6.45, 7) is 5.17. The number of aromatic nitrogens is 1. The van der Waals surface area contributed by atoms with Gasteiger partial charge in [0.25, 0.3) is 5.91 Å². The molecule has 6 nitrogen and oxygen atoms in total. The van der Waals surface area contributed by atoms with E-state index in [-0.39, 0.29) is 12.0 Å². The fraction of sp³-hybridized carbons (Fsp3) is 0.455. The first-order valence-corrected chi connectivity index (χ1v) is 10.6. The molecule has 0 N–H and O–H groups in total. The van der Waals surface area contributed by atoms with Crippen LogP contribution >= 0.6 is 11.6 Å². The van der Waals surface area contributed by atoms with Gasteiger partial charge in [-0.1, -0.05) is 23.7 Å². The zero-order valence-corrected chi connectivity index (χ0v) is 17.5.